The standard InChI is InChI=1S/C33H30OS3.CO2/c1-36-31-19-28-29(20-32(31)37-2)33(26-15-13-25(22-35)14-16-26)27(17-23-9-5-3-6-10-23)18-30(28)34-21-24-11-7-4-8-12-24;2-1-3/h3-16,18-20,35H,17,21-22H2,1-2H3;. The number of hydrogen-bond acceptors (Lipinski definition) is 6. The second kappa shape index (κ2) is 14.8. The van der Waals surface area contributed by atoms with Gasteiger partial charge in [0.1, 0.15) is 12.4 Å². The Balaban J connectivity index is 0.00000118. The molecule has 5 rings (SSSR count). The highest BCUT2D eigenvalue weighted by atomic mass is 32.2. The Morgan fingerprint density at radius 2 is 1.25 bits per heavy atom. The molecular weight excluding hydrogens is 553 g/mol. The molecule has 0 aliphatic heterocycles. The highest BCUT2D eigenvalue weighted by Gasteiger charge is 2.18. The molecule has 0 spiro atoms. The Labute approximate surface area is 249 Å². The quantitative estimate of drug-likeness (QED) is 0.139. The molecule has 0 saturated carbocycles. The van der Waals surface area contributed by atoms with Crippen molar-refractivity contribution in [3.63, 3.8) is 0 Å². The summed E-state index contributed by atoms with van der Waals surface area (Å²) in [4.78, 5) is 18.8. The molecule has 0 bridgehead atoms. The molecule has 0 aromatic heterocycles. The summed E-state index contributed by atoms with van der Waals surface area (Å²) in [6.07, 6.45) is 5.38. The molecule has 0 aliphatic carbocycles. The summed E-state index contributed by atoms with van der Waals surface area (Å²) in [5, 5.41) is 2.39. The van der Waals surface area contributed by atoms with Crippen molar-refractivity contribution in [1.29, 1.82) is 0 Å². The number of hydrogen-bond donors (Lipinski definition) is 1. The Morgan fingerprint density at radius 3 is 1.80 bits per heavy atom. The first-order valence-electron chi connectivity index (χ1n) is 12.7. The lowest BCUT2D eigenvalue weighted by Gasteiger charge is -2.20. The first-order valence-corrected chi connectivity index (χ1v) is 15.8. The van der Waals surface area contributed by atoms with Crippen molar-refractivity contribution in [3.8, 4) is 16.9 Å². The van der Waals surface area contributed by atoms with Crippen molar-refractivity contribution >= 4 is 53.1 Å². The van der Waals surface area contributed by atoms with Crippen LogP contribution >= 0.6 is 36.2 Å². The number of rotatable bonds is 9. The third-order valence-electron chi connectivity index (χ3n) is 6.58. The summed E-state index contributed by atoms with van der Waals surface area (Å²) in [5.41, 5.74) is 7.44. The largest absolute Gasteiger partial charge is 0.488 e. The zero-order chi connectivity index (χ0) is 28.3. The van der Waals surface area contributed by atoms with E-state index in [1.165, 1.54) is 43.0 Å². The van der Waals surface area contributed by atoms with Crippen LogP contribution in [0, 0.1) is 0 Å². The van der Waals surface area contributed by atoms with Crippen LogP contribution in [0.15, 0.2) is 113 Å². The average molecular weight is 583 g/mol. The van der Waals surface area contributed by atoms with E-state index in [0.29, 0.717) is 6.61 Å². The zero-order valence-corrected chi connectivity index (χ0v) is 25.0. The molecule has 0 fully saturated rings. The van der Waals surface area contributed by atoms with Crippen LogP contribution < -0.4 is 4.74 Å². The summed E-state index contributed by atoms with van der Waals surface area (Å²) in [6, 6.07) is 36.9. The Morgan fingerprint density at radius 1 is 0.700 bits per heavy atom. The van der Waals surface area contributed by atoms with Crippen LogP contribution in [-0.2, 0) is 28.4 Å². The van der Waals surface area contributed by atoms with Crippen molar-refractivity contribution in [2.75, 3.05) is 12.5 Å². The monoisotopic (exact) mass is 582 g/mol. The minimum atomic E-state index is 0.250. The maximum Gasteiger partial charge on any atom is 0.373 e. The van der Waals surface area contributed by atoms with E-state index < -0.39 is 0 Å². The molecule has 3 nitrogen and oxygen atoms in total. The molecule has 0 saturated heterocycles. The fraction of sp³-hybridized carbons (Fsp3) is 0.147. The topological polar surface area (TPSA) is 43.4 Å². The number of thioether (sulfide) groups is 2. The van der Waals surface area contributed by atoms with Crippen LogP contribution in [0.2, 0.25) is 0 Å². The number of thiol groups is 1. The molecule has 0 N–H and O–H groups in total. The number of ether oxygens (including phenoxy) is 1. The number of benzene rings is 5. The van der Waals surface area contributed by atoms with Crippen LogP contribution in [-0.4, -0.2) is 18.7 Å². The summed E-state index contributed by atoms with van der Waals surface area (Å²) in [6.45, 7) is 0.537. The smallest absolute Gasteiger partial charge is 0.373 e. The second-order valence-electron chi connectivity index (χ2n) is 9.04. The third kappa shape index (κ3) is 7.21. The predicted molar refractivity (Wildman–Crippen MR) is 171 cm³/mol. The summed E-state index contributed by atoms with van der Waals surface area (Å²) in [5.74, 6) is 1.67. The van der Waals surface area contributed by atoms with Gasteiger partial charge < -0.3 is 4.74 Å². The van der Waals surface area contributed by atoms with Crippen LogP contribution in [0.5, 0.6) is 5.75 Å². The van der Waals surface area contributed by atoms with Gasteiger partial charge in [-0.1, -0.05) is 84.9 Å². The molecule has 5 aromatic rings. The van der Waals surface area contributed by atoms with E-state index in [9.17, 15) is 0 Å². The summed E-state index contributed by atoms with van der Waals surface area (Å²) in [7, 11) is 0. The van der Waals surface area contributed by atoms with Crippen molar-refractivity contribution < 1.29 is 14.3 Å². The third-order valence-corrected chi connectivity index (χ3v) is 8.63. The second-order valence-corrected chi connectivity index (χ2v) is 11.0. The predicted octanol–water partition coefficient (Wildman–Crippen LogP) is 8.97. The van der Waals surface area contributed by atoms with Crippen LogP contribution in [0.1, 0.15) is 22.3 Å². The van der Waals surface area contributed by atoms with Gasteiger partial charge in [-0.05, 0) is 75.9 Å². The van der Waals surface area contributed by atoms with Gasteiger partial charge in [0.2, 0.25) is 0 Å². The van der Waals surface area contributed by atoms with Crippen molar-refractivity contribution in [1.82, 2.24) is 0 Å². The molecule has 202 valence electrons. The SMILES string of the molecule is CSc1cc2c(OCc3ccccc3)cc(Cc3ccccc3)c(-c3ccc(CS)cc3)c2cc1SC.O=C=O. The van der Waals surface area contributed by atoms with Crippen molar-refractivity contribution in [2.45, 2.75) is 28.6 Å². The van der Waals surface area contributed by atoms with Gasteiger partial charge in [0.05, 0.1) is 0 Å². The van der Waals surface area contributed by atoms with E-state index in [2.05, 4.69) is 122 Å². The zero-order valence-electron chi connectivity index (χ0n) is 22.4. The Hall–Kier alpha value is -3.41. The van der Waals surface area contributed by atoms with Gasteiger partial charge >= 0.3 is 6.15 Å². The van der Waals surface area contributed by atoms with Gasteiger partial charge in [0.15, 0.2) is 0 Å². The van der Waals surface area contributed by atoms with Gasteiger partial charge in [0, 0.05) is 20.9 Å². The first-order chi connectivity index (χ1) is 19.6. The fourth-order valence-corrected chi connectivity index (χ4v) is 6.40. The van der Waals surface area contributed by atoms with E-state index in [4.69, 9.17) is 14.3 Å². The van der Waals surface area contributed by atoms with Gasteiger partial charge in [-0.15, -0.1) is 23.5 Å². The van der Waals surface area contributed by atoms with E-state index in [1.807, 2.05) is 6.07 Å². The van der Waals surface area contributed by atoms with Crippen molar-refractivity contribution in [2.24, 2.45) is 0 Å². The van der Waals surface area contributed by atoms with Gasteiger partial charge in [0.25, 0.3) is 0 Å². The van der Waals surface area contributed by atoms with E-state index in [0.717, 1.165) is 28.9 Å². The maximum absolute atomic E-state index is 8.12. The lowest BCUT2D eigenvalue weighted by molar-refractivity contribution is -0.191. The highest BCUT2D eigenvalue weighted by Crippen LogP contribution is 2.43. The normalized spacial score (nSPS) is 10.5. The Kier molecular flexibility index (Phi) is 11.0. The first kappa shape index (κ1) is 29.6. The lowest BCUT2D eigenvalue weighted by Crippen LogP contribution is -2.01. The maximum atomic E-state index is 8.12. The molecule has 0 radical (unpaired) electrons. The minimum Gasteiger partial charge on any atom is -0.488 e. The fourth-order valence-electron chi connectivity index (χ4n) is 4.70. The average Bonchev–Trinajstić information content (AvgIpc) is 3.00. The van der Waals surface area contributed by atoms with Gasteiger partial charge in [-0.25, -0.2) is 0 Å². The van der Waals surface area contributed by atoms with Crippen LogP contribution in [0.3, 0.4) is 0 Å². The molecule has 5 aromatic carbocycles. The molecule has 0 atom stereocenters. The Bertz CT molecular complexity index is 1580. The molecule has 0 amide bonds. The minimum absolute atomic E-state index is 0.250. The lowest BCUT2D eigenvalue weighted by atomic mass is 9.89. The summed E-state index contributed by atoms with van der Waals surface area (Å²) < 4.78 is 6.56. The summed E-state index contributed by atoms with van der Waals surface area (Å²) >= 11 is 8.06. The van der Waals surface area contributed by atoms with E-state index in [1.54, 1.807) is 23.5 Å². The highest BCUT2D eigenvalue weighted by molar-refractivity contribution is 8.01. The number of carbonyl (C=O) groups excluding carboxylic acids is 2. The molecule has 0 aliphatic rings. The molecule has 40 heavy (non-hydrogen) atoms. The molecule has 0 unspecified atom stereocenters. The van der Waals surface area contributed by atoms with E-state index >= 15 is 0 Å². The van der Waals surface area contributed by atoms with Crippen LogP contribution in [0.4, 0.5) is 0 Å². The number of fused-ring (bicyclic) bond motifs is 1. The molecule has 6 heteroatoms. The van der Waals surface area contributed by atoms with Gasteiger partial charge in [-0.2, -0.15) is 22.2 Å². The molecular formula is C34H30O3S3. The van der Waals surface area contributed by atoms with Gasteiger partial charge in [-0.3, -0.25) is 0 Å². The van der Waals surface area contributed by atoms with E-state index in [-0.39, 0.29) is 6.15 Å². The van der Waals surface area contributed by atoms with Crippen LogP contribution in [0.25, 0.3) is 21.9 Å². The molecule has 0 heterocycles. The van der Waals surface area contributed by atoms with Crippen molar-refractivity contribution in [3.05, 3.63) is 125 Å².